The van der Waals surface area contributed by atoms with E-state index in [9.17, 15) is 9.59 Å². The first-order valence-corrected chi connectivity index (χ1v) is 8.86. The molecule has 2 aromatic rings. The molecule has 2 amide bonds. The van der Waals surface area contributed by atoms with Crippen molar-refractivity contribution in [3.05, 3.63) is 81.8 Å². The Morgan fingerprint density at radius 3 is 2.44 bits per heavy atom. The van der Waals surface area contributed by atoms with Gasteiger partial charge in [-0.1, -0.05) is 48.5 Å². The number of imide groups is 1. The Bertz CT molecular complexity index is 897. The van der Waals surface area contributed by atoms with Crippen molar-refractivity contribution in [2.45, 2.75) is 20.8 Å². The van der Waals surface area contributed by atoms with Crippen LogP contribution in [0.15, 0.2) is 65.1 Å². The third-order valence-electron chi connectivity index (χ3n) is 4.16. The predicted molar refractivity (Wildman–Crippen MR) is 105 cm³/mol. The van der Waals surface area contributed by atoms with E-state index in [0.717, 1.165) is 34.0 Å². The first kappa shape index (κ1) is 17.2. The van der Waals surface area contributed by atoms with Crippen LogP contribution in [-0.4, -0.2) is 11.1 Å². The van der Waals surface area contributed by atoms with Crippen LogP contribution in [0.4, 0.5) is 10.5 Å². The van der Waals surface area contributed by atoms with Crippen molar-refractivity contribution in [2.24, 2.45) is 0 Å². The number of nitrogens with zero attached hydrogens (tertiary/aromatic N) is 1. The molecular formula is C21H19NO2S. The zero-order chi connectivity index (χ0) is 18.0. The normalized spacial score (nSPS) is 16.8. The van der Waals surface area contributed by atoms with E-state index in [1.807, 2.05) is 75.4 Å². The van der Waals surface area contributed by atoms with Crippen molar-refractivity contribution in [2.75, 3.05) is 4.90 Å². The minimum atomic E-state index is -0.260. The zero-order valence-corrected chi connectivity index (χ0v) is 15.3. The zero-order valence-electron chi connectivity index (χ0n) is 14.4. The third kappa shape index (κ3) is 3.59. The highest BCUT2D eigenvalue weighted by Gasteiger charge is 2.37. The van der Waals surface area contributed by atoms with E-state index in [2.05, 4.69) is 0 Å². The first-order valence-electron chi connectivity index (χ1n) is 8.05. The van der Waals surface area contributed by atoms with Crippen LogP contribution in [0.25, 0.3) is 6.08 Å². The molecular weight excluding hydrogens is 330 g/mol. The highest BCUT2D eigenvalue weighted by Crippen LogP contribution is 2.37. The summed E-state index contributed by atoms with van der Waals surface area (Å²) in [5, 5.41) is -0.252. The van der Waals surface area contributed by atoms with Gasteiger partial charge in [0.25, 0.3) is 11.1 Å². The van der Waals surface area contributed by atoms with Crippen molar-refractivity contribution < 1.29 is 9.59 Å². The largest absolute Gasteiger partial charge is 0.298 e. The summed E-state index contributed by atoms with van der Waals surface area (Å²) in [7, 11) is 0. The molecule has 0 saturated carbocycles. The van der Waals surface area contributed by atoms with Gasteiger partial charge in [0.2, 0.25) is 0 Å². The van der Waals surface area contributed by atoms with Gasteiger partial charge in [-0.05, 0) is 66.9 Å². The molecule has 0 radical (unpaired) electrons. The lowest BCUT2D eigenvalue weighted by Crippen LogP contribution is -2.28. The molecule has 1 aliphatic heterocycles. The molecule has 0 aliphatic carbocycles. The van der Waals surface area contributed by atoms with Crippen LogP contribution < -0.4 is 4.90 Å². The molecule has 1 aliphatic rings. The number of benzene rings is 2. The van der Waals surface area contributed by atoms with Crippen LogP contribution in [-0.2, 0) is 4.79 Å². The van der Waals surface area contributed by atoms with Gasteiger partial charge in [-0.15, -0.1) is 0 Å². The number of carbonyl (C=O) groups is 2. The molecule has 0 bridgehead atoms. The monoisotopic (exact) mass is 349 g/mol. The summed E-state index contributed by atoms with van der Waals surface area (Å²) in [5.41, 5.74) is 4.65. The molecule has 3 rings (SSSR count). The number of amides is 2. The van der Waals surface area contributed by atoms with Gasteiger partial charge in [0.15, 0.2) is 0 Å². The second-order valence-corrected chi connectivity index (χ2v) is 7.03. The summed E-state index contributed by atoms with van der Waals surface area (Å²) in [4.78, 5) is 26.9. The summed E-state index contributed by atoms with van der Waals surface area (Å²) >= 11 is 0.988. The summed E-state index contributed by atoms with van der Waals surface area (Å²) in [5.74, 6) is -0.260. The number of thioether (sulfide) groups is 1. The Morgan fingerprint density at radius 1 is 1.00 bits per heavy atom. The summed E-state index contributed by atoms with van der Waals surface area (Å²) in [6.07, 6.45) is 3.77. The lowest BCUT2D eigenvalue weighted by Gasteiger charge is -2.16. The maximum absolute atomic E-state index is 12.8. The number of aryl methyl sites for hydroxylation is 1. The van der Waals surface area contributed by atoms with Crippen molar-refractivity contribution >= 4 is 34.7 Å². The number of allylic oxidation sites excluding steroid dienone is 2. The van der Waals surface area contributed by atoms with Crippen LogP contribution in [0.1, 0.15) is 23.6 Å². The maximum Gasteiger partial charge on any atom is 0.298 e. The number of anilines is 1. The summed E-state index contributed by atoms with van der Waals surface area (Å²) in [6, 6.07) is 15.5. The van der Waals surface area contributed by atoms with E-state index in [0.29, 0.717) is 10.6 Å². The standard InChI is InChI=1S/C21H19NO2S/c1-14(12-17-9-5-4-6-10-17)13-19-20(23)22(21(24)25-19)18-11-7-8-15(2)16(18)3/h4-13H,1-3H3/b14-12+,19-13-. The van der Waals surface area contributed by atoms with Crippen LogP contribution in [0.2, 0.25) is 0 Å². The Morgan fingerprint density at radius 2 is 1.72 bits per heavy atom. The minimum absolute atomic E-state index is 0.252. The van der Waals surface area contributed by atoms with Crippen LogP contribution >= 0.6 is 11.8 Å². The molecule has 1 heterocycles. The van der Waals surface area contributed by atoms with Gasteiger partial charge >= 0.3 is 0 Å². The number of carbonyl (C=O) groups excluding carboxylic acids is 2. The van der Waals surface area contributed by atoms with Crippen molar-refractivity contribution in [3.8, 4) is 0 Å². The molecule has 2 aromatic carbocycles. The average molecular weight is 349 g/mol. The van der Waals surface area contributed by atoms with E-state index in [4.69, 9.17) is 0 Å². The Balaban J connectivity index is 1.91. The van der Waals surface area contributed by atoms with E-state index in [-0.39, 0.29) is 11.1 Å². The number of hydrogen-bond acceptors (Lipinski definition) is 3. The Kier molecular flexibility index (Phi) is 4.91. The Labute approximate surface area is 152 Å². The lowest BCUT2D eigenvalue weighted by atomic mass is 10.1. The molecule has 0 N–H and O–H groups in total. The number of hydrogen-bond donors (Lipinski definition) is 0. The molecule has 126 valence electrons. The van der Waals surface area contributed by atoms with Gasteiger partial charge in [0.1, 0.15) is 0 Å². The van der Waals surface area contributed by atoms with E-state index >= 15 is 0 Å². The first-order chi connectivity index (χ1) is 12.0. The Hall–Kier alpha value is -2.59. The molecule has 4 heteroatoms. The third-order valence-corrected chi connectivity index (χ3v) is 5.03. The number of rotatable bonds is 3. The molecule has 25 heavy (non-hydrogen) atoms. The molecule has 0 atom stereocenters. The van der Waals surface area contributed by atoms with Gasteiger partial charge in [-0.3, -0.25) is 9.59 Å². The van der Waals surface area contributed by atoms with Gasteiger partial charge in [0.05, 0.1) is 10.6 Å². The van der Waals surface area contributed by atoms with Gasteiger partial charge < -0.3 is 0 Å². The van der Waals surface area contributed by atoms with E-state index < -0.39 is 0 Å². The van der Waals surface area contributed by atoms with E-state index in [1.165, 1.54) is 4.90 Å². The maximum atomic E-state index is 12.8. The van der Waals surface area contributed by atoms with Crippen LogP contribution in [0, 0.1) is 13.8 Å². The van der Waals surface area contributed by atoms with Crippen molar-refractivity contribution in [1.29, 1.82) is 0 Å². The van der Waals surface area contributed by atoms with Gasteiger partial charge in [0, 0.05) is 0 Å². The fourth-order valence-electron chi connectivity index (χ4n) is 2.71. The highest BCUT2D eigenvalue weighted by molar-refractivity contribution is 8.18. The minimum Gasteiger partial charge on any atom is -0.268 e. The molecule has 0 aromatic heterocycles. The fourth-order valence-corrected chi connectivity index (χ4v) is 3.60. The topological polar surface area (TPSA) is 37.4 Å². The highest BCUT2D eigenvalue weighted by atomic mass is 32.2. The second kappa shape index (κ2) is 7.11. The SMILES string of the molecule is CC(/C=C1\SC(=O)N(c2cccc(C)c2C)C1=O)=C\c1ccccc1. The second-order valence-electron chi connectivity index (χ2n) is 6.04. The summed E-state index contributed by atoms with van der Waals surface area (Å²) < 4.78 is 0. The quantitative estimate of drug-likeness (QED) is 0.688. The van der Waals surface area contributed by atoms with Crippen molar-refractivity contribution in [1.82, 2.24) is 0 Å². The molecule has 1 fully saturated rings. The molecule has 3 nitrogen and oxygen atoms in total. The predicted octanol–water partition coefficient (Wildman–Crippen LogP) is 5.49. The smallest absolute Gasteiger partial charge is 0.268 e. The van der Waals surface area contributed by atoms with Crippen molar-refractivity contribution in [3.63, 3.8) is 0 Å². The van der Waals surface area contributed by atoms with Gasteiger partial charge in [-0.2, -0.15) is 0 Å². The lowest BCUT2D eigenvalue weighted by molar-refractivity contribution is -0.113. The van der Waals surface area contributed by atoms with Crippen LogP contribution in [0.3, 0.4) is 0 Å². The average Bonchev–Trinajstić information content (AvgIpc) is 2.85. The molecule has 1 saturated heterocycles. The van der Waals surface area contributed by atoms with E-state index in [1.54, 1.807) is 6.08 Å². The van der Waals surface area contributed by atoms with Gasteiger partial charge in [-0.25, -0.2) is 4.90 Å². The molecule has 0 unspecified atom stereocenters. The molecule has 0 spiro atoms. The fraction of sp³-hybridized carbons (Fsp3) is 0.143. The summed E-state index contributed by atoms with van der Waals surface area (Å²) in [6.45, 7) is 5.83. The van der Waals surface area contributed by atoms with Crippen LogP contribution in [0.5, 0.6) is 0 Å².